The monoisotopic (exact) mass is 794 g/mol. The van der Waals surface area contributed by atoms with Gasteiger partial charge in [0.25, 0.3) is 0 Å². The van der Waals surface area contributed by atoms with Gasteiger partial charge in [0.2, 0.25) is 0 Å². The van der Waals surface area contributed by atoms with Gasteiger partial charge in [-0.2, -0.15) is 0 Å². The first-order valence-corrected chi connectivity index (χ1v) is 24.4. The Hall–Kier alpha value is -7.62. The Balaban J connectivity index is 1.27. The third kappa shape index (κ3) is 1.18. The van der Waals surface area contributed by atoms with Crippen LogP contribution in [-0.2, 0) is 20.7 Å². The summed E-state index contributed by atoms with van der Waals surface area (Å²) in [7, 11) is 0. The zero-order valence-corrected chi connectivity index (χ0v) is 33.1. The van der Waals surface area contributed by atoms with Gasteiger partial charge in [-0.1, -0.05) is 0 Å². The van der Waals surface area contributed by atoms with E-state index in [9.17, 15) is 0 Å². The van der Waals surface area contributed by atoms with Crippen LogP contribution in [0.2, 0.25) is 0 Å². The molecule has 28 aromatic rings. The van der Waals surface area contributed by atoms with Crippen molar-refractivity contribution in [3.8, 4) is 0 Å². The summed E-state index contributed by atoms with van der Waals surface area (Å²) >= 11 is 0. The summed E-state index contributed by atoms with van der Waals surface area (Å²) in [6.07, 6.45) is -0.0372. The molecule has 2 spiro atoms. The van der Waals surface area contributed by atoms with Crippen LogP contribution in [0, 0.1) is 0 Å². The van der Waals surface area contributed by atoms with Crippen molar-refractivity contribution in [2.24, 2.45) is 0 Å². The number of hydrogen-bond acceptors (Lipinski definition) is 2. The molecule has 1 heterocycles. The molecule has 1 saturated heterocycles. The Kier molecular flexibility index (Phi) is 1.83. The lowest BCUT2D eigenvalue weighted by Crippen LogP contribution is -2.60. The van der Waals surface area contributed by atoms with E-state index in [0.717, 1.165) is 0 Å². The van der Waals surface area contributed by atoms with E-state index in [0.29, 0.717) is 6.61 Å². The number of hydrogen-bond donors (Lipinski definition) is 0. The molecular weight excluding hydrogens is 789 g/mol. The average Bonchev–Trinajstić information content (AvgIpc) is 4.16. The summed E-state index contributed by atoms with van der Waals surface area (Å²) in [6, 6.07) is 0. The number of rotatable bonds is 0. The van der Waals surface area contributed by atoms with Crippen LogP contribution < -0.4 is 0 Å². The molecule has 1 unspecified atom stereocenters. The van der Waals surface area contributed by atoms with Gasteiger partial charge in [-0.15, -0.1) is 0 Å². The van der Waals surface area contributed by atoms with E-state index in [2.05, 4.69) is 6.92 Å². The van der Waals surface area contributed by atoms with Crippen LogP contribution in [0.4, 0.5) is 0 Å². The molecule has 0 saturated carbocycles. The maximum atomic E-state index is 8.35. The highest BCUT2D eigenvalue weighted by molar-refractivity contribution is 6.82. The molecule has 0 amide bonds. The lowest BCUT2D eigenvalue weighted by molar-refractivity contribution is -0.260. The zero-order chi connectivity index (χ0) is 38.2. The maximum absolute atomic E-state index is 8.35. The smallest absolute Gasteiger partial charge is 0.158 e. The minimum atomic E-state index is -0.768. The third-order valence-electron chi connectivity index (χ3n) is 24.1. The molecule has 0 bridgehead atoms. The fraction of sp³-hybridized carbons (Fsp3) is 0.0794. The SMILES string of the molecule is CC1COC23c4c5c6c7c8c9c(c%10c%11c2c2c4c4c%12c5c5c6c6c8c8c%13c9c9c%10c%10c%11c%11c2c2c4c4c%12c%12c5c5c6c8c6c8c%13c9c9c%10c%10c%11c2c2c4c4c%12c5c6c5c8c9c%10c2c45)C73O1. The van der Waals surface area contributed by atoms with Gasteiger partial charge in [0, 0.05) is 22.3 Å². The molecule has 1 atom stereocenters. The van der Waals surface area contributed by atoms with Gasteiger partial charge in [0.05, 0.1) is 12.7 Å². The van der Waals surface area contributed by atoms with Crippen LogP contribution in [0.3, 0.4) is 0 Å². The minimum Gasteiger partial charge on any atom is -0.359 e. The van der Waals surface area contributed by atoms with Crippen molar-refractivity contribution in [3.05, 3.63) is 22.3 Å². The van der Waals surface area contributed by atoms with Gasteiger partial charge in [-0.3, -0.25) is 0 Å². The number of ether oxygens (including phenoxy) is 2. The highest BCUT2D eigenvalue weighted by Crippen LogP contribution is 2.85. The van der Waals surface area contributed by atoms with Crippen LogP contribution in [0.5, 0.6) is 0 Å². The lowest BCUT2D eigenvalue weighted by Gasteiger charge is -2.56. The predicted octanol–water partition coefficient (Wildman–Crippen LogP) is 16.6. The molecule has 0 N–H and O–H groups in total. The quantitative estimate of drug-likeness (QED) is 0.142. The molecule has 2 heteroatoms. The van der Waals surface area contributed by atoms with E-state index in [-0.39, 0.29) is 6.10 Å². The Labute approximate surface area is 351 Å². The third-order valence-corrected chi connectivity index (χ3v) is 24.1. The Bertz CT molecular complexity index is 6800. The molecule has 28 aromatic carbocycles. The highest BCUT2D eigenvalue weighted by atomic mass is 16.6. The maximum Gasteiger partial charge on any atom is 0.158 e. The summed E-state index contributed by atoms with van der Waals surface area (Å²) in [5.41, 5.74) is 4.53. The molecule has 0 radical (unpaired) electrons. The van der Waals surface area contributed by atoms with E-state index in [4.69, 9.17) is 9.47 Å². The van der Waals surface area contributed by atoms with E-state index in [1.54, 1.807) is 291 Å². The van der Waals surface area contributed by atoms with Crippen LogP contribution in [-0.4, -0.2) is 12.7 Å². The summed E-state index contributed by atoms with van der Waals surface area (Å²) < 4.78 is 16.6. The van der Waals surface area contributed by atoms with Gasteiger partial charge in [-0.25, -0.2) is 0 Å². The fourth-order valence-electron chi connectivity index (χ4n) is 24.1. The van der Waals surface area contributed by atoms with Crippen LogP contribution in [0.1, 0.15) is 29.2 Å². The van der Waals surface area contributed by atoms with Gasteiger partial charge < -0.3 is 9.47 Å². The number of benzene rings is 18. The second-order valence-corrected chi connectivity index (χ2v) is 24.4. The standard InChI is InChI=1S/C63H6O2/c1-3-2-64-62-58-50-42-32-22-14-6-4-5-8-12-10(6)18-26-20(12)30-24-16(8)17-9(5)13-11-7(4)15(14)23-29-19(11)27-21(13)31-25(17)35-34(24)44-38(30)48-40(26)46(36(42)28(18)22)52(58)54(48)60-56(44)57-45(35)39(31)49-41(27)47-37(29)43(33(23)32)51(50)59(62)53(47)55(49)61(57)63(60,62)65-3/h3H,2H2,1H3. The molecule has 1 fully saturated rings. The first-order chi connectivity index (χ1) is 32.3. The molecule has 1 aliphatic heterocycles. The van der Waals surface area contributed by atoms with Crippen molar-refractivity contribution in [1.29, 1.82) is 0 Å². The Morgan fingerprint density at radius 3 is 0.523 bits per heavy atom. The minimum absolute atomic E-state index is 0.0372. The Morgan fingerprint density at radius 2 is 0.354 bits per heavy atom. The first-order valence-electron chi connectivity index (χ1n) is 24.4. The Morgan fingerprint density at radius 1 is 0.215 bits per heavy atom. The molecule has 0 aromatic heterocycles. The van der Waals surface area contributed by atoms with Crippen LogP contribution >= 0.6 is 0 Å². The zero-order valence-electron chi connectivity index (χ0n) is 33.1. The summed E-state index contributed by atoms with van der Waals surface area (Å²) in [4.78, 5) is 0. The first kappa shape index (κ1) is 23.4. The molecule has 65 heavy (non-hydrogen) atoms. The van der Waals surface area contributed by atoms with E-state index < -0.39 is 11.2 Å². The molecule has 4 aliphatic carbocycles. The van der Waals surface area contributed by atoms with Gasteiger partial charge in [0.1, 0.15) is 0 Å². The van der Waals surface area contributed by atoms with E-state index in [1.165, 1.54) is 22.3 Å². The molecule has 33 rings (SSSR count). The van der Waals surface area contributed by atoms with Crippen molar-refractivity contribution in [1.82, 2.24) is 0 Å². The van der Waals surface area contributed by atoms with Crippen molar-refractivity contribution in [3.63, 3.8) is 0 Å². The van der Waals surface area contributed by atoms with Gasteiger partial charge in [0.15, 0.2) is 11.2 Å². The second-order valence-electron chi connectivity index (χ2n) is 24.4. The second kappa shape index (κ2) is 5.09. The lowest BCUT2D eigenvalue weighted by atomic mass is 9.60. The molecule has 5 aliphatic rings. The van der Waals surface area contributed by atoms with Crippen molar-refractivity contribution in [2.75, 3.05) is 6.61 Å². The predicted molar refractivity (Wildman–Crippen MR) is 270 cm³/mol. The van der Waals surface area contributed by atoms with Crippen molar-refractivity contribution in [2.45, 2.75) is 24.2 Å². The van der Waals surface area contributed by atoms with E-state index >= 15 is 0 Å². The van der Waals surface area contributed by atoms with Crippen LogP contribution in [0.15, 0.2) is 0 Å². The molecular formula is C63H6O2. The van der Waals surface area contributed by atoms with Crippen molar-refractivity contribution < 1.29 is 9.47 Å². The van der Waals surface area contributed by atoms with Gasteiger partial charge in [-0.05, 0) is 298 Å². The largest absolute Gasteiger partial charge is 0.359 e. The highest BCUT2D eigenvalue weighted by Gasteiger charge is 2.73. The summed E-state index contributed by atoms with van der Waals surface area (Å²) in [5.74, 6) is 0. The van der Waals surface area contributed by atoms with Crippen LogP contribution in [0.25, 0.3) is 291 Å². The van der Waals surface area contributed by atoms with E-state index in [1.807, 2.05) is 0 Å². The fourth-order valence-corrected chi connectivity index (χ4v) is 24.1. The summed E-state index contributed by atoms with van der Waals surface area (Å²) in [5, 5.41) is 87.0. The molecule has 2 nitrogen and oxygen atoms in total. The topological polar surface area (TPSA) is 18.5 Å². The molecule has 270 valence electrons. The average molecular weight is 795 g/mol. The normalized spacial score (nSPS) is 24.8. The summed E-state index contributed by atoms with van der Waals surface area (Å²) in [6.45, 7) is 2.94. The van der Waals surface area contributed by atoms with Gasteiger partial charge >= 0.3 is 0 Å². The van der Waals surface area contributed by atoms with Crippen molar-refractivity contribution >= 4 is 291 Å².